The van der Waals surface area contributed by atoms with Crippen LogP contribution in [0.1, 0.15) is 31.7 Å². The zero-order valence-corrected chi connectivity index (χ0v) is 19.0. The van der Waals surface area contributed by atoms with Gasteiger partial charge in [-0.3, -0.25) is 4.79 Å². The van der Waals surface area contributed by atoms with E-state index in [4.69, 9.17) is 9.47 Å². The first-order valence-corrected chi connectivity index (χ1v) is 11.2. The number of rotatable bonds is 10. The van der Waals surface area contributed by atoms with Gasteiger partial charge < -0.3 is 19.4 Å². The van der Waals surface area contributed by atoms with Crippen LogP contribution in [0.3, 0.4) is 0 Å². The topological polar surface area (TPSA) is 78.3 Å². The lowest BCUT2D eigenvalue weighted by molar-refractivity contribution is -0.121. The number of carbonyl (C=O) groups excluding carboxylic acids is 1. The van der Waals surface area contributed by atoms with Crippen molar-refractivity contribution in [3.63, 3.8) is 0 Å². The maximum Gasteiger partial charge on any atom is 0.240 e. The molecule has 0 aliphatic heterocycles. The van der Waals surface area contributed by atoms with Gasteiger partial charge >= 0.3 is 0 Å². The standard InChI is InChI=1S/C26H28N4O3/c1-3-16-32-20-11-13-21(14-12-20)33-26-19(8-7-15-27-26)17-28-25(31)18-30-23-10-6-5-9-22(23)29-24(30)4-2/h5-15H,3-4,16-18H2,1-2H3,(H,28,31). The van der Waals surface area contributed by atoms with Gasteiger partial charge in [-0.2, -0.15) is 0 Å². The first-order chi connectivity index (χ1) is 16.2. The number of carbonyl (C=O) groups is 1. The number of imidazole rings is 1. The lowest BCUT2D eigenvalue weighted by Crippen LogP contribution is -2.28. The molecule has 1 N–H and O–H groups in total. The Bertz CT molecular complexity index is 1220. The number of nitrogens with one attached hydrogen (secondary N) is 1. The third-order valence-electron chi connectivity index (χ3n) is 5.19. The van der Waals surface area contributed by atoms with Crippen molar-refractivity contribution in [1.82, 2.24) is 19.9 Å². The molecule has 0 unspecified atom stereocenters. The number of amides is 1. The van der Waals surface area contributed by atoms with Gasteiger partial charge in [0.2, 0.25) is 11.8 Å². The third-order valence-corrected chi connectivity index (χ3v) is 5.19. The predicted octanol–water partition coefficient (Wildman–Crippen LogP) is 4.89. The Labute approximate surface area is 193 Å². The summed E-state index contributed by atoms with van der Waals surface area (Å²) in [7, 11) is 0. The number of aryl methyl sites for hydroxylation is 1. The highest BCUT2D eigenvalue weighted by Crippen LogP contribution is 2.25. The first-order valence-electron chi connectivity index (χ1n) is 11.2. The van der Waals surface area contributed by atoms with Gasteiger partial charge in [-0.05, 0) is 48.9 Å². The second-order valence-corrected chi connectivity index (χ2v) is 7.62. The molecule has 0 spiro atoms. The molecule has 0 atom stereocenters. The van der Waals surface area contributed by atoms with Crippen molar-refractivity contribution in [2.45, 2.75) is 39.8 Å². The zero-order chi connectivity index (χ0) is 23.0. The summed E-state index contributed by atoms with van der Waals surface area (Å²) in [5.74, 6) is 2.71. The molecule has 170 valence electrons. The van der Waals surface area contributed by atoms with Crippen molar-refractivity contribution < 1.29 is 14.3 Å². The summed E-state index contributed by atoms with van der Waals surface area (Å²) in [5, 5.41) is 2.98. The molecule has 0 aliphatic carbocycles. The van der Waals surface area contributed by atoms with E-state index < -0.39 is 0 Å². The lowest BCUT2D eigenvalue weighted by Gasteiger charge is -2.12. The van der Waals surface area contributed by atoms with Gasteiger partial charge in [0.15, 0.2) is 0 Å². The fraction of sp³-hybridized carbons (Fsp3) is 0.269. The van der Waals surface area contributed by atoms with Crippen LogP contribution in [0.2, 0.25) is 0 Å². The Hall–Kier alpha value is -3.87. The molecule has 0 saturated carbocycles. The van der Waals surface area contributed by atoms with Crippen LogP contribution in [0.5, 0.6) is 17.4 Å². The van der Waals surface area contributed by atoms with Gasteiger partial charge in [-0.25, -0.2) is 9.97 Å². The van der Waals surface area contributed by atoms with Gasteiger partial charge in [0, 0.05) is 24.7 Å². The molecule has 33 heavy (non-hydrogen) atoms. The van der Waals surface area contributed by atoms with Crippen molar-refractivity contribution in [3.8, 4) is 17.4 Å². The fourth-order valence-corrected chi connectivity index (χ4v) is 3.55. The number of hydrogen-bond donors (Lipinski definition) is 1. The van der Waals surface area contributed by atoms with E-state index in [1.54, 1.807) is 6.20 Å². The van der Waals surface area contributed by atoms with Gasteiger partial charge in [-0.1, -0.05) is 32.0 Å². The maximum atomic E-state index is 12.8. The molecule has 2 aromatic heterocycles. The summed E-state index contributed by atoms with van der Waals surface area (Å²) in [4.78, 5) is 21.7. The third kappa shape index (κ3) is 5.49. The molecule has 1 amide bonds. The van der Waals surface area contributed by atoms with Crippen LogP contribution in [0.4, 0.5) is 0 Å². The second kappa shape index (κ2) is 10.6. The van der Waals surface area contributed by atoms with E-state index in [1.165, 1.54) is 0 Å². The average molecular weight is 445 g/mol. The number of aromatic nitrogens is 3. The second-order valence-electron chi connectivity index (χ2n) is 7.62. The Morgan fingerprint density at radius 3 is 2.58 bits per heavy atom. The summed E-state index contributed by atoms with van der Waals surface area (Å²) in [6.45, 7) is 5.31. The highest BCUT2D eigenvalue weighted by Gasteiger charge is 2.13. The van der Waals surface area contributed by atoms with E-state index in [0.717, 1.165) is 41.0 Å². The molecule has 2 heterocycles. The van der Waals surface area contributed by atoms with Crippen LogP contribution in [0.15, 0.2) is 66.9 Å². The van der Waals surface area contributed by atoms with Crippen LogP contribution in [-0.2, 0) is 24.3 Å². The minimum atomic E-state index is -0.0971. The van der Waals surface area contributed by atoms with Crippen molar-refractivity contribution in [2.75, 3.05) is 6.61 Å². The number of ether oxygens (including phenoxy) is 2. The molecule has 0 radical (unpaired) electrons. The molecular formula is C26H28N4O3. The number of benzene rings is 2. The van der Waals surface area contributed by atoms with Crippen molar-refractivity contribution >= 4 is 16.9 Å². The quantitative estimate of drug-likeness (QED) is 0.377. The zero-order valence-electron chi connectivity index (χ0n) is 19.0. The summed E-state index contributed by atoms with van der Waals surface area (Å²) in [6.07, 6.45) is 3.38. The van der Waals surface area contributed by atoms with Crippen molar-refractivity contribution in [2.24, 2.45) is 0 Å². The molecule has 0 aliphatic rings. The molecule has 7 heteroatoms. The SMILES string of the molecule is CCCOc1ccc(Oc2ncccc2CNC(=O)Cn2c(CC)nc3ccccc32)cc1. The minimum absolute atomic E-state index is 0.0971. The monoisotopic (exact) mass is 444 g/mol. The summed E-state index contributed by atoms with van der Waals surface area (Å²) >= 11 is 0. The first kappa shape index (κ1) is 22.3. The van der Waals surface area contributed by atoms with E-state index in [9.17, 15) is 4.79 Å². The van der Waals surface area contributed by atoms with E-state index in [2.05, 4.69) is 22.2 Å². The normalized spacial score (nSPS) is 10.8. The van der Waals surface area contributed by atoms with Gasteiger partial charge in [0.1, 0.15) is 23.9 Å². The van der Waals surface area contributed by atoms with Crippen LogP contribution < -0.4 is 14.8 Å². The number of fused-ring (bicyclic) bond motifs is 1. The predicted molar refractivity (Wildman–Crippen MR) is 127 cm³/mol. The summed E-state index contributed by atoms with van der Waals surface area (Å²) < 4.78 is 13.5. The highest BCUT2D eigenvalue weighted by atomic mass is 16.5. The van der Waals surface area contributed by atoms with Crippen molar-refractivity contribution in [1.29, 1.82) is 0 Å². The Balaban J connectivity index is 1.41. The fourth-order valence-electron chi connectivity index (χ4n) is 3.55. The summed E-state index contributed by atoms with van der Waals surface area (Å²) in [5.41, 5.74) is 2.65. The number of nitrogens with zero attached hydrogens (tertiary/aromatic N) is 3. The van der Waals surface area contributed by atoms with E-state index in [-0.39, 0.29) is 12.5 Å². The highest BCUT2D eigenvalue weighted by molar-refractivity contribution is 5.81. The molecule has 4 rings (SSSR count). The van der Waals surface area contributed by atoms with Gasteiger partial charge in [0.05, 0.1) is 17.6 Å². The number of hydrogen-bond acceptors (Lipinski definition) is 5. The van der Waals surface area contributed by atoms with Gasteiger partial charge in [0.25, 0.3) is 0 Å². The molecule has 4 aromatic rings. The van der Waals surface area contributed by atoms with E-state index in [1.807, 2.05) is 72.2 Å². The molecule has 7 nitrogen and oxygen atoms in total. The molecule has 0 bridgehead atoms. The average Bonchev–Trinajstić information content (AvgIpc) is 3.20. The van der Waals surface area contributed by atoms with Gasteiger partial charge in [-0.15, -0.1) is 0 Å². The molecule has 0 fully saturated rings. The molecule has 2 aromatic carbocycles. The summed E-state index contributed by atoms with van der Waals surface area (Å²) in [6, 6.07) is 19.0. The Morgan fingerprint density at radius 1 is 1.00 bits per heavy atom. The smallest absolute Gasteiger partial charge is 0.240 e. The lowest BCUT2D eigenvalue weighted by atomic mass is 10.2. The van der Waals surface area contributed by atoms with Crippen LogP contribution in [-0.4, -0.2) is 27.0 Å². The van der Waals surface area contributed by atoms with Crippen LogP contribution in [0, 0.1) is 0 Å². The maximum absolute atomic E-state index is 12.8. The van der Waals surface area contributed by atoms with E-state index >= 15 is 0 Å². The molecular weight excluding hydrogens is 416 g/mol. The van der Waals surface area contributed by atoms with Crippen LogP contribution in [0.25, 0.3) is 11.0 Å². The van der Waals surface area contributed by atoms with Crippen LogP contribution >= 0.6 is 0 Å². The Kier molecular flexibility index (Phi) is 7.19. The number of pyridine rings is 1. The number of para-hydroxylation sites is 2. The van der Waals surface area contributed by atoms with Crippen molar-refractivity contribution in [3.05, 3.63) is 78.2 Å². The molecule has 0 saturated heterocycles. The van der Waals surface area contributed by atoms with E-state index in [0.29, 0.717) is 24.8 Å². The minimum Gasteiger partial charge on any atom is -0.494 e. The Morgan fingerprint density at radius 2 is 1.79 bits per heavy atom. The largest absolute Gasteiger partial charge is 0.494 e.